The van der Waals surface area contributed by atoms with Crippen LogP contribution in [0.2, 0.25) is 0 Å². The molecular weight excluding hydrogens is 647 g/mol. The number of hydrogen-bond acceptors (Lipinski definition) is 8. The number of carboxylic acid groups (broad SMARTS) is 1. The number of carbonyl (C=O) groups is 1. The van der Waals surface area contributed by atoms with Crippen molar-refractivity contribution in [1.29, 1.82) is 0 Å². The van der Waals surface area contributed by atoms with Crippen molar-refractivity contribution in [2.75, 3.05) is 0 Å². The highest BCUT2D eigenvalue weighted by atomic mass is 19.1. The minimum Gasteiger partial charge on any atom is -0.481 e. The minimum absolute atomic E-state index is 0.0519. The number of carboxylic acids is 1. The molecule has 51 heavy (non-hydrogen) atoms. The Labute approximate surface area is 297 Å². The van der Waals surface area contributed by atoms with Gasteiger partial charge in [-0.1, -0.05) is 51.0 Å². The first kappa shape index (κ1) is 35.6. The van der Waals surface area contributed by atoms with Crippen molar-refractivity contribution in [3.05, 3.63) is 101 Å². The van der Waals surface area contributed by atoms with Crippen LogP contribution >= 0.6 is 0 Å². The number of nitrogens with two attached hydrogens (primary N) is 2. The van der Waals surface area contributed by atoms with Gasteiger partial charge in [-0.3, -0.25) is 9.78 Å². The number of fused-ring (bicyclic) bond motifs is 8. The van der Waals surface area contributed by atoms with Crippen molar-refractivity contribution in [3.63, 3.8) is 0 Å². The van der Waals surface area contributed by atoms with Gasteiger partial charge in [-0.15, -0.1) is 0 Å². The number of nitrogens with zero attached hydrogens (tertiary/aromatic N) is 5. The zero-order valence-electron chi connectivity index (χ0n) is 30.1. The second-order valence-electron chi connectivity index (χ2n) is 15.2. The van der Waals surface area contributed by atoms with Crippen molar-refractivity contribution in [3.8, 4) is 23.0 Å². The van der Waals surface area contributed by atoms with Gasteiger partial charge in [-0.05, 0) is 63.3 Å². The second kappa shape index (κ2) is 13.5. The average Bonchev–Trinajstić information content (AvgIpc) is 3.71. The maximum absolute atomic E-state index is 15.8. The molecule has 6 N–H and O–H groups in total. The average molecular weight is 695 g/mol. The van der Waals surface area contributed by atoms with E-state index in [9.17, 15) is 9.90 Å². The van der Waals surface area contributed by atoms with E-state index in [1.54, 1.807) is 49.3 Å². The van der Waals surface area contributed by atoms with Crippen molar-refractivity contribution >= 4 is 16.9 Å². The van der Waals surface area contributed by atoms with Gasteiger partial charge < -0.3 is 25.6 Å². The Morgan fingerprint density at radius 2 is 1.88 bits per heavy atom. The molecule has 1 aliphatic rings. The van der Waals surface area contributed by atoms with E-state index in [1.807, 2.05) is 25.2 Å². The summed E-state index contributed by atoms with van der Waals surface area (Å²) in [6, 6.07) is 14.7. The van der Waals surface area contributed by atoms with E-state index in [2.05, 4.69) is 42.9 Å². The topological polar surface area (TPSA) is 161 Å². The van der Waals surface area contributed by atoms with Crippen LogP contribution in [0.15, 0.2) is 72.8 Å². The summed E-state index contributed by atoms with van der Waals surface area (Å²) in [5.74, 6) is 6.71. The maximum atomic E-state index is 15.8. The summed E-state index contributed by atoms with van der Waals surface area (Å²) in [4.78, 5) is 24.7. The van der Waals surface area contributed by atoms with Crippen LogP contribution in [0.4, 0.5) is 4.39 Å². The van der Waals surface area contributed by atoms with Gasteiger partial charge in [0.05, 0.1) is 17.4 Å². The molecule has 0 saturated heterocycles. The Balaban J connectivity index is 1.47. The molecule has 1 aliphatic heterocycles. The lowest BCUT2D eigenvalue weighted by atomic mass is 9.75. The molecule has 0 fully saturated rings. The summed E-state index contributed by atoms with van der Waals surface area (Å²) in [6.07, 6.45) is 8.67. The normalized spacial score (nSPS) is 19.6. The predicted molar refractivity (Wildman–Crippen MR) is 195 cm³/mol. The number of aliphatic carboxylic acids is 1. The summed E-state index contributed by atoms with van der Waals surface area (Å²) in [6.45, 7) is 9.93. The molecule has 3 aromatic heterocycles. The molecule has 0 saturated carbocycles. The number of nitrogens with one attached hydrogen (secondary N) is 1. The SMILES string of the molecule is Cn1nc2nc1-c1cc(ccn1)Oc1c(F)cc3[nH]ccc3c1CN(N)/C=C(\N)C(C)(C)CCCC[C@]2(C)c1cccc(CC(C)(C)C(=O)O)c1. The Kier molecular flexibility index (Phi) is 9.41. The number of hydrogen-bond donors (Lipinski definition) is 4. The number of aryl methyl sites for hydroxylation is 1. The Morgan fingerprint density at radius 3 is 2.65 bits per heavy atom. The van der Waals surface area contributed by atoms with Crippen LogP contribution in [0.25, 0.3) is 22.4 Å². The van der Waals surface area contributed by atoms with Gasteiger partial charge in [0.25, 0.3) is 0 Å². The summed E-state index contributed by atoms with van der Waals surface area (Å²) >= 11 is 0. The van der Waals surface area contributed by atoms with E-state index in [4.69, 9.17) is 26.4 Å². The molecule has 11 nitrogen and oxygen atoms in total. The van der Waals surface area contributed by atoms with Crippen LogP contribution in [0.5, 0.6) is 11.5 Å². The first-order valence-corrected chi connectivity index (χ1v) is 17.2. The summed E-state index contributed by atoms with van der Waals surface area (Å²) < 4.78 is 23.8. The van der Waals surface area contributed by atoms with E-state index in [0.717, 1.165) is 42.2 Å². The zero-order chi connectivity index (χ0) is 36.7. The van der Waals surface area contributed by atoms with Crippen LogP contribution in [-0.4, -0.2) is 40.8 Å². The van der Waals surface area contributed by atoms with Crippen LogP contribution in [-0.2, 0) is 30.2 Å². The molecular formula is C39H47FN8O3. The Hall–Kier alpha value is -5.23. The lowest BCUT2D eigenvalue weighted by Gasteiger charge is -2.30. The fourth-order valence-electron chi connectivity index (χ4n) is 6.81. The fourth-order valence-corrected chi connectivity index (χ4v) is 6.81. The number of halogens is 1. The van der Waals surface area contributed by atoms with Crippen molar-refractivity contribution in [2.45, 2.75) is 78.7 Å². The number of rotatable bonds is 4. The van der Waals surface area contributed by atoms with Gasteiger partial charge in [0.15, 0.2) is 23.2 Å². The molecule has 4 bridgehead atoms. The van der Waals surface area contributed by atoms with Gasteiger partial charge in [0, 0.05) is 65.4 Å². The zero-order valence-corrected chi connectivity index (χ0v) is 30.1. The van der Waals surface area contributed by atoms with Crippen LogP contribution in [0.3, 0.4) is 0 Å². The van der Waals surface area contributed by atoms with E-state index < -0.39 is 22.6 Å². The maximum Gasteiger partial charge on any atom is 0.309 e. The molecule has 0 radical (unpaired) electrons. The molecule has 0 spiro atoms. The first-order chi connectivity index (χ1) is 24.1. The van der Waals surface area contributed by atoms with E-state index in [-0.39, 0.29) is 17.7 Å². The number of H-pyrrole nitrogens is 1. The number of hydrazine groups is 1. The summed E-state index contributed by atoms with van der Waals surface area (Å²) in [7, 11) is 1.82. The van der Waals surface area contributed by atoms with Crippen LogP contribution in [0, 0.1) is 16.6 Å². The number of aromatic amines is 1. The highest BCUT2D eigenvalue weighted by Crippen LogP contribution is 2.40. The molecule has 1 atom stereocenters. The molecule has 2 aromatic carbocycles. The van der Waals surface area contributed by atoms with E-state index in [1.165, 1.54) is 11.1 Å². The molecule has 5 aromatic rings. The number of allylic oxidation sites excluding steroid dienone is 1. The lowest BCUT2D eigenvalue weighted by molar-refractivity contribution is -0.146. The Morgan fingerprint density at radius 1 is 1.12 bits per heavy atom. The van der Waals surface area contributed by atoms with Gasteiger partial charge >= 0.3 is 5.97 Å². The van der Waals surface area contributed by atoms with Crippen molar-refractivity contribution in [2.24, 2.45) is 29.5 Å². The standard InChI is InChI=1S/C39H47FN8O3/c1-37(2)14-7-8-15-39(5,25-11-9-10-24(18-25)21-38(3,4)36(49)50)35-45-34(47(6)46-35)31-19-26(12-16-44-31)51-33-28(22-48(42)23-32(37)41)27-13-17-43-30(27)20-29(33)40/h9-13,16-20,23,43H,7-8,14-15,21-22,41-42H2,1-6H3,(H,49,50)/b32-23-/t39-/m1/s1. The summed E-state index contributed by atoms with van der Waals surface area (Å²) in [5, 5.41) is 17.0. The number of benzene rings is 2. The number of aromatic nitrogens is 5. The minimum atomic E-state index is -0.930. The third-order valence-electron chi connectivity index (χ3n) is 10.2. The third-order valence-corrected chi connectivity index (χ3v) is 10.2. The predicted octanol–water partition coefficient (Wildman–Crippen LogP) is 7.33. The largest absolute Gasteiger partial charge is 0.481 e. The first-order valence-electron chi connectivity index (χ1n) is 17.2. The highest BCUT2D eigenvalue weighted by Gasteiger charge is 2.36. The Bertz CT molecular complexity index is 2120. The van der Waals surface area contributed by atoms with Gasteiger partial charge in [-0.25, -0.2) is 19.9 Å². The lowest BCUT2D eigenvalue weighted by Crippen LogP contribution is -2.30. The highest BCUT2D eigenvalue weighted by molar-refractivity contribution is 5.85. The molecule has 0 unspecified atom stereocenters. The number of pyridine rings is 1. The quantitative estimate of drug-likeness (QED) is 0.141. The smallest absolute Gasteiger partial charge is 0.309 e. The molecule has 4 heterocycles. The van der Waals surface area contributed by atoms with E-state index >= 15 is 4.39 Å². The molecule has 0 aliphatic carbocycles. The molecule has 12 heteroatoms. The van der Waals surface area contributed by atoms with Crippen molar-refractivity contribution < 1.29 is 19.0 Å². The van der Waals surface area contributed by atoms with Gasteiger partial charge in [-0.2, -0.15) is 5.10 Å². The van der Waals surface area contributed by atoms with Gasteiger partial charge in [0.2, 0.25) is 0 Å². The van der Waals surface area contributed by atoms with Gasteiger partial charge in [0.1, 0.15) is 11.4 Å². The molecule has 0 amide bonds. The van der Waals surface area contributed by atoms with Crippen LogP contribution in [0.1, 0.15) is 82.8 Å². The fraction of sp³-hybridized carbons (Fsp3) is 0.385. The van der Waals surface area contributed by atoms with Crippen LogP contribution < -0.4 is 16.3 Å². The monoisotopic (exact) mass is 694 g/mol. The van der Waals surface area contributed by atoms with E-state index in [0.29, 0.717) is 46.3 Å². The third kappa shape index (κ3) is 7.18. The summed E-state index contributed by atoms with van der Waals surface area (Å²) in [5.41, 5.74) is 8.99. The number of ether oxygens (including phenoxy) is 1. The molecule has 6 rings (SSSR count). The molecule has 268 valence electrons. The second-order valence-corrected chi connectivity index (χ2v) is 15.2. The van der Waals surface area contributed by atoms with Crippen molar-refractivity contribution in [1.82, 2.24) is 29.7 Å².